The van der Waals surface area contributed by atoms with Crippen molar-refractivity contribution in [3.63, 3.8) is 0 Å². The first-order valence-electron chi connectivity index (χ1n) is 9.15. The fourth-order valence-corrected chi connectivity index (χ4v) is 2.83. The molecule has 130 valence electrons. The number of hydrogen-bond acceptors (Lipinski definition) is 2. The summed E-state index contributed by atoms with van der Waals surface area (Å²) < 4.78 is 0. The van der Waals surface area contributed by atoms with E-state index in [0.29, 0.717) is 19.3 Å². The second-order valence-corrected chi connectivity index (χ2v) is 6.43. The zero-order chi connectivity index (χ0) is 16.6. The molecule has 0 aliphatic heterocycles. The van der Waals surface area contributed by atoms with Gasteiger partial charge in [-0.05, 0) is 19.3 Å². The number of primary amides is 2. The predicted molar refractivity (Wildman–Crippen MR) is 92.2 cm³/mol. The summed E-state index contributed by atoms with van der Waals surface area (Å²) >= 11 is 0. The zero-order valence-electron chi connectivity index (χ0n) is 14.4. The Morgan fingerprint density at radius 3 is 1.64 bits per heavy atom. The van der Waals surface area contributed by atoms with Gasteiger partial charge in [0.1, 0.15) is 0 Å². The molecule has 4 N–H and O–H groups in total. The summed E-state index contributed by atoms with van der Waals surface area (Å²) in [6.45, 7) is 2.24. The molecule has 0 aromatic heterocycles. The summed E-state index contributed by atoms with van der Waals surface area (Å²) in [4.78, 5) is 22.1. The first-order chi connectivity index (χ1) is 10.6. The first kappa shape index (κ1) is 20.9. The summed E-state index contributed by atoms with van der Waals surface area (Å²) in [7, 11) is 0. The third-order valence-electron chi connectivity index (χ3n) is 4.28. The third kappa shape index (κ3) is 13.9. The van der Waals surface area contributed by atoms with Gasteiger partial charge in [-0.1, -0.05) is 71.1 Å². The molecule has 4 nitrogen and oxygen atoms in total. The van der Waals surface area contributed by atoms with Crippen molar-refractivity contribution in [3.05, 3.63) is 0 Å². The minimum Gasteiger partial charge on any atom is -0.370 e. The van der Waals surface area contributed by atoms with Gasteiger partial charge in [0.15, 0.2) is 0 Å². The Labute approximate surface area is 136 Å². The smallest absolute Gasteiger partial charge is 0.220 e. The van der Waals surface area contributed by atoms with Crippen molar-refractivity contribution in [2.75, 3.05) is 0 Å². The summed E-state index contributed by atoms with van der Waals surface area (Å²) in [5, 5.41) is 0. The van der Waals surface area contributed by atoms with Gasteiger partial charge in [-0.25, -0.2) is 0 Å². The molecule has 1 unspecified atom stereocenters. The Hall–Kier alpha value is -1.06. The molecule has 0 spiro atoms. The van der Waals surface area contributed by atoms with E-state index in [9.17, 15) is 9.59 Å². The molecule has 0 rings (SSSR count). The lowest BCUT2D eigenvalue weighted by Gasteiger charge is -2.12. The fraction of sp³-hybridized carbons (Fsp3) is 0.889. The number of hydrogen-bond donors (Lipinski definition) is 2. The topological polar surface area (TPSA) is 86.2 Å². The van der Waals surface area contributed by atoms with Crippen molar-refractivity contribution in [1.82, 2.24) is 0 Å². The van der Waals surface area contributed by atoms with Crippen molar-refractivity contribution in [3.8, 4) is 0 Å². The molecule has 0 saturated heterocycles. The molecule has 1 atom stereocenters. The maximum atomic E-state index is 11.4. The van der Waals surface area contributed by atoms with Crippen molar-refractivity contribution in [2.45, 2.75) is 96.8 Å². The predicted octanol–water partition coefficient (Wildman–Crippen LogP) is 4.05. The SMILES string of the molecule is CCCCCCCCCCCCC(CCCC(N)=O)C(N)=O. The lowest BCUT2D eigenvalue weighted by Crippen LogP contribution is -2.23. The van der Waals surface area contributed by atoms with Crippen LogP contribution in [0.5, 0.6) is 0 Å². The van der Waals surface area contributed by atoms with E-state index in [0.717, 1.165) is 12.8 Å². The van der Waals surface area contributed by atoms with Crippen LogP contribution in [0.2, 0.25) is 0 Å². The van der Waals surface area contributed by atoms with Crippen LogP contribution in [0.25, 0.3) is 0 Å². The largest absolute Gasteiger partial charge is 0.370 e. The van der Waals surface area contributed by atoms with Crippen LogP contribution in [-0.2, 0) is 9.59 Å². The number of unbranched alkanes of at least 4 members (excludes halogenated alkanes) is 9. The number of amides is 2. The van der Waals surface area contributed by atoms with Crippen LogP contribution in [0.3, 0.4) is 0 Å². The normalized spacial score (nSPS) is 12.2. The summed E-state index contributed by atoms with van der Waals surface area (Å²) in [6, 6.07) is 0. The molecule has 0 aliphatic rings. The highest BCUT2D eigenvalue weighted by Crippen LogP contribution is 2.18. The van der Waals surface area contributed by atoms with Gasteiger partial charge in [0.25, 0.3) is 0 Å². The summed E-state index contributed by atoms with van der Waals surface area (Å²) in [6.07, 6.45) is 15.5. The van der Waals surface area contributed by atoms with Crippen LogP contribution in [0.4, 0.5) is 0 Å². The van der Waals surface area contributed by atoms with Gasteiger partial charge in [-0.2, -0.15) is 0 Å². The molecule has 0 fully saturated rings. The Balaban J connectivity index is 3.48. The molecule has 0 heterocycles. The Bertz CT molecular complexity index is 293. The Kier molecular flexibility index (Phi) is 14.1. The second-order valence-electron chi connectivity index (χ2n) is 6.43. The minimum absolute atomic E-state index is 0.0895. The van der Waals surface area contributed by atoms with Crippen LogP contribution in [0.15, 0.2) is 0 Å². The summed E-state index contributed by atoms with van der Waals surface area (Å²) in [5.74, 6) is -0.629. The van der Waals surface area contributed by atoms with E-state index in [-0.39, 0.29) is 17.7 Å². The number of rotatable bonds is 16. The van der Waals surface area contributed by atoms with Crippen molar-refractivity contribution >= 4 is 11.8 Å². The van der Waals surface area contributed by atoms with Crippen LogP contribution < -0.4 is 11.5 Å². The highest BCUT2D eigenvalue weighted by atomic mass is 16.1. The van der Waals surface area contributed by atoms with Gasteiger partial charge in [-0.3, -0.25) is 9.59 Å². The van der Waals surface area contributed by atoms with Crippen LogP contribution in [0, 0.1) is 5.92 Å². The van der Waals surface area contributed by atoms with Crippen molar-refractivity contribution < 1.29 is 9.59 Å². The molecular formula is C18H36N2O2. The molecule has 2 amide bonds. The van der Waals surface area contributed by atoms with Gasteiger partial charge in [0.05, 0.1) is 0 Å². The van der Waals surface area contributed by atoms with E-state index >= 15 is 0 Å². The van der Waals surface area contributed by atoms with E-state index in [2.05, 4.69) is 6.92 Å². The van der Waals surface area contributed by atoms with Crippen molar-refractivity contribution in [2.24, 2.45) is 17.4 Å². The molecule has 0 aromatic carbocycles. The van der Waals surface area contributed by atoms with Crippen LogP contribution in [0.1, 0.15) is 96.8 Å². The molecule has 0 aliphatic carbocycles. The fourth-order valence-electron chi connectivity index (χ4n) is 2.83. The van der Waals surface area contributed by atoms with Gasteiger partial charge in [0, 0.05) is 12.3 Å². The van der Waals surface area contributed by atoms with E-state index in [1.807, 2.05) is 0 Å². The van der Waals surface area contributed by atoms with Crippen LogP contribution in [-0.4, -0.2) is 11.8 Å². The minimum atomic E-state index is -0.304. The third-order valence-corrected chi connectivity index (χ3v) is 4.28. The number of carbonyl (C=O) groups is 2. The maximum absolute atomic E-state index is 11.4. The number of nitrogens with two attached hydrogens (primary N) is 2. The van der Waals surface area contributed by atoms with Crippen molar-refractivity contribution in [1.29, 1.82) is 0 Å². The molecule has 22 heavy (non-hydrogen) atoms. The second kappa shape index (κ2) is 14.9. The van der Waals surface area contributed by atoms with Gasteiger partial charge < -0.3 is 11.5 Å². The van der Waals surface area contributed by atoms with Gasteiger partial charge in [0.2, 0.25) is 11.8 Å². The lowest BCUT2D eigenvalue weighted by atomic mass is 9.94. The molecule has 0 saturated carbocycles. The first-order valence-corrected chi connectivity index (χ1v) is 9.15. The average Bonchev–Trinajstić information content (AvgIpc) is 2.46. The van der Waals surface area contributed by atoms with Gasteiger partial charge >= 0.3 is 0 Å². The molecular weight excluding hydrogens is 276 g/mol. The average molecular weight is 312 g/mol. The molecule has 0 radical (unpaired) electrons. The van der Waals surface area contributed by atoms with E-state index < -0.39 is 0 Å². The quantitative estimate of drug-likeness (QED) is 0.421. The molecule has 0 aromatic rings. The molecule has 4 heteroatoms. The van der Waals surface area contributed by atoms with E-state index in [4.69, 9.17) is 11.5 Å². The van der Waals surface area contributed by atoms with E-state index in [1.54, 1.807) is 0 Å². The molecule has 0 bridgehead atoms. The highest BCUT2D eigenvalue weighted by Gasteiger charge is 2.14. The maximum Gasteiger partial charge on any atom is 0.220 e. The lowest BCUT2D eigenvalue weighted by molar-refractivity contribution is -0.123. The Morgan fingerprint density at radius 2 is 1.18 bits per heavy atom. The van der Waals surface area contributed by atoms with Gasteiger partial charge in [-0.15, -0.1) is 0 Å². The highest BCUT2D eigenvalue weighted by molar-refractivity contribution is 5.77. The number of carbonyl (C=O) groups excluding carboxylic acids is 2. The Morgan fingerprint density at radius 1 is 0.727 bits per heavy atom. The van der Waals surface area contributed by atoms with Crippen LogP contribution >= 0.6 is 0 Å². The monoisotopic (exact) mass is 312 g/mol. The standard InChI is InChI=1S/C18H36N2O2/c1-2-3-4-5-6-7-8-9-10-11-13-16(18(20)22)14-12-15-17(19)21/h16H,2-15H2,1H3,(H2,19,21)(H2,20,22). The summed E-state index contributed by atoms with van der Waals surface area (Å²) in [5.41, 5.74) is 10.5. The van der Waals surface area contributed by atoms with E-state index in [1.165, 1.54) is 57.8 Å². The zero-order valence-corrected chi connectivity index (χ0v) is 14.4.